The molecule has 1 amide bonds. The van der Waals surface area contributed by atoms with E-state index in [4.69, 9.17) is 4.42 Å². The fourth-order valence-electron chi connectivity index (χ4n) is 2.09. The summed E-state index contributed by atoms with van der Waals surface area (Å²) in [6.45, 7) is 0. The van der Waals surface area contributed by atoms with Crippen molar-refractivity contribution in [1.82, 2.24) is 5.32 Å². The lowest BCUT2D eigenvalue weighted by molar-refractivity contribution is -0.115. The molecule has 2 heterocycles. The smallest absolute Gasteiger partial charge is 0.275 e. The zero-order valence-electron chi connectivity index (χ0n) is 11.2. The van der Waals surface area contributed by atoms with E-state index in [0.717, 1.165) is 22.2 Å². The summed E-state index contributed by atoms with van der Waals surface area (Å²) in [5, 5.41) is 2.79. The van der Waals surface area contributed by atoms with Crippen LogP contribution in [0.15, 0.2) is 62.2 Å². The molecule has 0 aliphatic carbocycles. The molecular formula is C16H13BrN2O2. The lowest BCUT2D eigenvalue weighted by atomic mass is 10.2. The summed E-state index contributed by atoms with van der Waals surface area (Å²) >= 11 is 3.41. The normalized spacial score (nSPS) is 16.1. The van der Waals surface area contributed by atoms with Crippen LogP contribution in [-0.2, 0) is 11.2 Å². The van der Waals surface area contributed by atoms with Gasteiger partial charge in [-0.25, -0.2) is 4.99 Å². The molecule has 3 rings (SSSR count). The highest BCUT2D eigenvalue weighted by Gasteiger charge is 2.19. The van der Waals surface area contributed by atoms with Gasteiger partial charge in [0.25, 0.3) is 5.91 Å². The van der Waals surface area contributed by atoms with Crippen molar-refractivity contribution in [2.75, 3.05) is 0 Å². The molecule has 1 aromatic heterocycles. The van der Waals surface area contributed by atoms with E-state index in [1.54, 1.807) is 12.3 Å². The molecule has 106 valence electrons. The topological polar surface area (TPSA) is 54.6 Å². The number of furan rings is 1. The van der Waals surface area contributed by atoms with Crippen LogP contribution in [0.25, 0.3) is 6.08 Å². The monoisotopic (exact) mass is 344 g/mol. The molecule has 1 aliphatic rings. The third-order valence-corrected chi connectivity index (χ3v) is 3.58. The van der Waals surface area contributed by atoms with Crippen molar-refractivity contribution < 1.29 is 9.21 Å². The molecule has 21 heavy (non-hydrogen) atoms. The lowest BCUT2D eigenvalue weighted by Gasteiger charge is -1.97. The van der Waals surface area contributed by atoms with Crippen molar-refractivity contribution in [1.29, 1.82) is 0 Å². The number of halogens is 1. The SMILES string of the molecule is O=C1NC(CCc2ccco2)=N/C1=C/c1cccc(Br)c1. The zero-order valence-corrected chi connectivity index (χ0v) is 12.8. The number of amidine groups is 1. The average molecular weight is 345 g/mol. The number of rotatable bonds is 4. The molecular weight excluding hydrogens is 332 g/mol. The van der Waals surface area contributed by atoms with Gasteiger partial charge in [-0.1, -0.05) is 28.1 Å². The summed E-state index contributed by atoms with van der Waals surface area (Å²) in [6.07, 6.45) is 4.79. The Bertz CT molecular complexity index is 718. The van der Waals surface area contributed by atoms with Crippen molar-refractivity contribution >= 4 is 33.7 Å². The molecule has 1 aliphatic heterocycles. The Balaban J connectivity index is 1.72. The van der Waals surface area contributed by atoms with Gasteiger partial charge in [-0.2, -0.15) is 0 Å². The number of hydrogen-bond acceptors (Lipinski definition) is 3. The number of aliphatic imine (C=N–C) groups is 1. The fourth-order valence-corrected chi connectivity index (χ4v) is 2.50. The predicted octanol–water partition coefficient (Wildman–Crippen LogP) is 3.54. The highest BCUT2D eigenvalue weighted by atomic mass is 79.9. The van der Waals surface area contributed by atoms with Gasteiger partial charge in [0.15, 0.2) is 0 Å². The molecule has 0 radical (unpaired) electrons. The first-order chi connectivity index (χ1) is 10.2. The molecule has 0 spiro atoms. The van der Waals surface area contributed by atoms with Gasteiger partial charge in [0.1, 0.15) is 17.3 Å². The lowest BCUT2D eigenvalue weighted by Crippen LogP contribution is -2.24. The van der Waals surface area contributed by atoms with Crippen LogP contribution in [-0.4, -0.2) is 11.7 Å². The van der Waals surface area contributed by atoms with E-state index < -0.39 is 0 Å². The van der Waals surface area contributed by atoms with Gasteiger partial charge in [-0.05, 0) is 35.9 Å². The van der Waals surface area contributed by atoms with Gasteiger partial charge in [0.2, 0.25) is 0 Å². The molecule has 5 heteroatoms. The van der Waals surface area contributed by atoms with E-state index in [0.29, 0.717) is 18.0 Å². The summed E-state index contributed by atoms with van der Waals surface area (Å²) in [7, 11) is 0. The molecule has 0 fully saturated rings. The summed E-state index contributed by atoms with van der Waals surface area (Å²) in [6, 6.07) is 11.5. The van der Waals surface area contributed by atoms with Crippen LogP contribution < -0.4 is 5.32 Å². The Kier molecular flexibility index (Phi) is 4.01. The molecule has 0 atom stereocenters. The maximum atomic E-state index is 11.9. The van der Waals surface area contributed by atoms with Crippen LogP contribution in [0.5, 0.6) is 0 Å². The zero-order chi connectivity index (χ0) is 14.7. The van der Waals surface area contributed by atoms with Gasteiger partial charge in [-0.15, -0.1) is 0 Å². The minimum Gasteiger partial charge on any atom is -0.469 e. The fraction of sp³-hybridized carbons (Fsp3) is 0.125. The summed E-state index contributed by atoms with van der Waals surface area (Å²) in [5.41, 5.74) is 1.37. The molecule has 0 saturated carbocycles. The number of nitrogens with zero attached hydrogens (tertiary/aromatic N) is 1. The number of nitrogens with one attached hydrogen (secondary N) is 1. The largest absolute Gasteiger partial charge is 0.469 e. The third kappa shape index (κ3) is 3.49. The Morgan fingerprint density at radius 3 is 2.90 bits per heavy atom. The first-order valence-corrected chi connectivity index (χ1v) is 7.38. The first kappa shape index (κ1) is 13.8. The minimum atomic E-state index is -0.163. The van der Waals surface area contributed by atoms with E-state index in [1.807, 2.05) is 36.4 Å². The van der Waals surface area contributed by atoms with Crippen LogP contribution in [0.2, 0.25) is 0 Å². The number of benzene rings is 1. The van der Waals surface area contributed by atoms with Crippen LogP contribution in [0.3, 0.4) is 0 Å². The first-order valence-electron chi connectivity index (χ1n) is 6.59. The molecule has 4 nitrogen and oxygen atoms in total. The molecule has 2 aromatic rings. The Morgan fingerprint density at radius 1 is 1.24 bits per heavy atom. The van der Waals surface area contributed by atoms with Crippen molar-refractivity contribution in [2.24, 2.45) is 4.99 Å². The molecule has 0 saturated heterocycles. The maximum Gasteiger partial charge on any atom is 0.275 e. The second kappa shape index (κ2) is 6.10. The number of amides is 1. The van der Waals surface area contributed by atoms with Crippen LogP contribution in [0, 0.1) is 0 Å². The van der Waals surface area contributed by atoms with E-state index in [1.165, 1.54) is 0 Å². The number of hydrogen-bond donors (Lipinski definition) is 1. The predicted molar refractivity (Wildman–Crippen MR) is 84.7 cm³/mol. The molecule has 0 unspecified atom stereocenters. The third-order valence-electron chi connectivity index (χ3n) is 3.09. The van der Waals surface area contributed by atoms with E-state index in [9.17, 15) is 4.79 Å². The van der Waals surface area contributed by atoms with Gasteiger partial charge in [0.05, 0.1) is 6.26 Å². The van der Waals surface area contributed by atoms with Crippen molar-refractivity contribution in [2.45, 2.75) is 12.8 Å². The Hall–Kier alpha value is -2.14. The van der Waals surface area contributed by atoms with Gasteiger partial charge < -0.3 is 9.73 Å². The summed E-state index contributed by atoms with van der Waals surface area (Å²) in [5.74, 6) is 1.40. The van der Waals surface area contributed by atoms with E-state index in [2.05, 4.69) is 26.2 Å². The Labute approximate surface area is 130 Å². The average Bonchev–Trinajstić information content (AvgIpc) is 3.07. The number of carbonyl (C=O) groups excluding carboxylic acids is 1. The van der Waals surface area contributed by atoms with Crippen LogP contribution in [0.4, 0.5) is 0 Å². The highest BCUT2D eigenvalue weighted by molar-refractivity contribution is 9.10. The molecule has 1 N–H and O–H groups in total. The summed E-state index contributed by atoms with van der Waals surface area (Å²) < 4.78 is 6.24. The van der Waals surface area contributed by atoms with Crippen molar-refractivity contribution in [3.05, 3.63) is 64.2 Å². The quantitative estimate of drug-likeness (QED) is 0.862. The highest BCUT2D eigenvalue weighted by Crippen LogP contribution is 2.17. The minimum absolute atomic E-state index is 0.163. The van der Waals surface area contributed by atoms with Crippen LogP contribution >= 0.6 is 15.9 Å². The second-order valence-electron chi connectivity index (χ2n) is 4.68. The molecule has 0 bridgehead atoms. The van der Waals surface area contributed by atoms with Gasteiger partial charge in [-0.3, -0.25) is 4.79 Å². The second-order valence-corrected chi connectivity index (χ2v) is 5.59. The molecule has 1 aromatic carbocycles. The van der Waals surface area contributed by atoms with Crippen molar-refractivity contribution in [3.8, 4) is 0 Å². The standard InChI is InChI=1S/C16H13BrN2O2/c17-12-4-1-3-11(9-12)10-14-16(20)19-15(18-14)7-6-13-5-2-8-21-13/h1-5,8-10H,6-7H2,(H,18,19,20)/b14-10+. The van der Waals surface area contributed by atoms with Gasteiger partial charge in [0, 0.05) is 17.3 Å². The van der Waals surface area contributed by atoms with Crippen LogP contribution in [0.1, 0.15) is 17.7 Å². The van der Waals surface area contributed by atoms with E-state index in [-0.39, 0.29) is 5.91 Å². The van der Waals surface area contributed by atoms with Gasteiger partial charge >= 0.3 is 0 Å². The number of carbonyl (C=O) groups is 1. The number of aryl methyl sites for hydroxylation is 1. The van der Waals surface area contributed by atoms with E-state index >= 15 is 0 Å². The summed E-state index contributed by atoms with van der Waals surface area (Å²) in [4.78, 5) is 16.3. The van der Waals surface area contributed by atoms with Crippen molar-refractivity contribution in [3.63, 3.8) is 0 Å². The maximum absolute atomic E-state index is 11.9. The Morgan fingerprint density at radius 2 is 2.14 bits per heavy atom.